The van der Waals surface area contributed by atoms with Gasteiger partial charge in [0.25, 0.3) is 5.91 Å². The molecule has 1 aliphatic heterocycles. The number of rotatable bonds is 6. The predicted octanol–water partition coefficient (Wildman–Crippen LogP) is 3.21. The summed E-state index contributed by atoms with van der Waals surface area (Å²) < 4.78 is 31.2. The molecule has 0 aliphatic carbocycles. The highest BCUT2D eigenvalue weighted by atomic mass is 19.2. The van der Waals surface area contributed by atoms with Crippen LogP contribution in [0.25, 0.3) is 0 Å². The van der Waals surface area contributed by atoms with Crippen molar-refractivity contribution in [3.05, 3.63) is 53.2 Å². The minimum atomic E-state index is -0.930. The third-order valence-corrected chi connectivity index (χ3v) is 5.01. The molecule has 0 spiro atoms. The van der Waals surface area contributed by atoms with Crippen molar-refractivity contribution in [1.29, 1.82) is 0 Å². The van der Waals surface area contributed by atoms with Gasteiger partial charge in [-0.05, 0) is 49.8 Å². The van der Waals surface area contributed by atoms with E-state index in [-0.39, 0.29) is 24.3 Å². The first-order chi connectivity index (χ1) is 13.4. The van der Waals surface area contributed by atoms with E-state index in [4.69, 9.17) is 4.42 Å². The van der Waals surface area contributed by atoms with E-state index in [1.165, 1.54) is 12.5 Å². The summed E-state index contributed by atoms with van der Waals surface area (Å²) in [6.45, 7) is 3.11. The average molecular weight is 391 g/mol. The second-order valence-corrected chi connectivity index (χ2v) is 7.08. The highest BCUT2D eigenvalue weighted by Crippen LogP contribution is 2.23. The van der Waals surface area contributed by atoms with Crippen LogP contribution in [0.4, 0.5) is 8.78 Å². The maximum atomic E-state index is 13.2. The summed E-state index contributed by atoms with van der Waals surface area (Å²) in [5, 5.41) is 2.72. The lowest BCUT2D eigenvalue weighted by Gasteiger charge is -2.32. The third kappa shape index (κ3) is 4.94. The Balaban J connectivity index is 1.44. The van der Waals surface area contributed by atoms with E-state index < -0.39 is 11.6 Å². The lowest BCUT2D eigenvalue weighted by Crippen LogP contribution is -2.40. The third-order valence-electron chi connectivity index (χ3n) is 5.01. The standard InChI is InChI=1S/C20H23F2N3O3/c1-13-19(24-12-28-13)20(27)25-8-2-3-14(11-25)5-7-18(26)23-10-15-4-6-16(21)17(22)9-15/h4,6,9,12,14H,2-3,5,7-8,10-11H2,1H3,(H,23,26). The largest absolute Gasteiger partial charge is 0.448 e. The number of nitrogens with zero attached hydrogens (tertiary/aromatic N) is 2. The molecular weight excluding hydrogens is 368 g/mol. The van der Waals surface area contributed by atoms with Gasteiger partial charge in [0.1, 0.15) is 5.76 Å². The van der Waals surface area contributed by atoms with Gasteiger partial charge in [-0.2, -0.15) is 0 Å². The van der Waals surface area contributed by atoms with Crippen molar-refractivity contribution in [2.24, 2.45) is 5.92 Å². The number of aryl methyl sites for hydroxylation is 1. The van der Waals surface area contributed by atoms with E-state index in [1.54, 1.807) is 11.8 Å². The van der Waals surface area contributed by atoms with Crippen LogP contribution in [-0.2, 0) is 11.3 Å². The number of aromatic nitrogens is 1. The molecule has 0 saturated carbocycles. The number of oxazole rings is 1. The Morgan fingerprint density at radius 3 is 2.86 bits per heavy atom. The summed E-state index contributed by atoms with van der Waals surface area (Å²) in [6.07, 6.45) is 4.08. The van der Waals surface area contributed by atoms with Crippen LogP contribution in [0.1, 0.15) is 47.5 Å². The summed E-state index contributed by atoms with van der Waals surface area (Å²) in [5.74, 6) is -1.39. The van der Waals surface area contributed by atoms with Gasteiger partial charge in [0.05, 0.1) is 0 Å². The zero-order valence-corrected chi connectivity index (χ0v) is 15.7. The molecule has 2 amide bonds. The Morgan fingerprint density at radius 1 is 1.32 bits per heavy atom. The highest BCUT2D eigenvalue weighted by Gasteiger charge is 2.27. The van der Waals surface area contributed by atoms with Crippen molar-refractivity contribution >= 4 is 11.8 Å². The first kappa shape index (κ1) is 20.0. The number of likely N-dealkylation sites (tertiary alicyclic amines) is 1. The van der Waals surface area contributed by atoms with Crippen LogP contribution in [0.5, 0.6) is 0 Å². The van der Waals surface area contributed by atoms with Gasteiger partial charge in [-0.3, -0.25) is 9.59 Å². The number of hydrogen-bond donors (Lipinski definition) is 1. The molecule has 1 aromatic carbocycles. The Labute approximate surface area is 161 Å². The first-order valence-corrected chi connectivity index (χ1v) is 9.34. The van der Waals surface area contributed by atoms with E-state index in [1.807, 2.05) is 0 Å². The number of amides is 2. The number of carbonyl (C=O) groups excluding carboxylic acids is 2. The van der Waals surface area contributed by atoms with Crippen molar-refractivity contribution in [1.82, 2.24) is 15.2 Å². The van der Waals surface area contributed by atoms with Crippen molar-refractivity contribution in [2.45, 2.75) is 39.2 Å². The summed E-state index contributed by atoms with van der Waals surface area (Å²) in [7, 11) is 0. The van der Waals surface area contributed by atoms with Gasteiger partial charge in [0, 0.05) is 26.1 Å². The van der Waals surface area contributed by atoms with Crippen molar-refractivity contribution < 1.29 is 22.8 Å². The Morgan fingerprint density at radius 2 is 2.14 bits per heavy atom. The predicted molar refractivity (Wildman–Crippen MR) is 97.3 cm³/mol. The molecule has 6 nitrogen and oxygen atoms in total. The summed E-state index contributed by atoms with van der Waals surface area (Å²) in [5.41, 5.74) is 0.842. The van der Waals surface area contributed by atoms with E-state index in [9.17, 15) is 18.4 Å². The van der Waals surface area contributed by atoms with E-state index in [2.05, 4.69) is 10.3 Å². The molecule has 0 radical (unpaired) electrons. The normalized spacial score (nSPS) is 16.8. The molecule has 3 rings (SSSR count). The van der Waals surface area contributed by atoms with Crippen molar-refractivity contribution in [2.75, 3.05) is 13.1 Å². The van der Waals surface area contributed by atoms with Crippen LogP contribution in [0, 0.1) is 24.5 Å². The summed E-state index contributed by atoms with van der Waals surface area (Å²) in [4.78, 5) is 30.4. The van der Waals surface area contributed by atoms with Gasteiger partial charge in [-0.25, -0.2) is 13.8 Å². The molecule has 8 heteroatoms. The minimum Gasteiger partial charge on any atom is -0.448 e. The molecule has 1 aromatic heterocycles. The molecule has 1 aliphatic rings. The second-order valence-electron chi connectivity index (χ2n) is 7.08. The van der Waals surface area contributed by atoms with Gasteiger partial charge in [-0.1, -0.05) is 6.07 Å². The van der Waals surface area contributed by atoms with Gasteiger partial charge < -0.3 is 14.6 Å². The number of piperidine rings is 1. The molecule has 1 unspecified atom stereocenters. The number of benzene rings is 1. The topological polar surface area (TPSA) is 75.4 Å². The van der Waals surface area contributed by atoms with Crippen LogP contribution in [-0.4, -0.2) is 34.8 Å². The SMILES string of the molecule is Cc1ocnc1C(=O)N1CCCC(CCC(=O)NCc2ccc(F)c(F)c2)C1. The first-order valence-electron chi connectivity index (χ1n) is 9.34. The molecule has 1 fully saturated rings. The fraction of sp³-hybridized carbons (Fsp3) is 0.450. The molecule has 2 heterocycles. The zero-order valence-electron chi connectivity index (χ0n) is 15.7. The van der Waals surface area contributed by atoms with E-state index in [0.717, 1.165) is 25.0 Å². The fourth-order valence-corrected chi connectivity index (χ4v) is 3.42. The van der Waals surface area contributed by atoms with Crippen LogP contribution in [0.15, 0.2) is 29.0 Å². The Hall–Kier alpha value is -2.77. The molecule has 1 atom stereocenters. The van der Waals surface area contributed by atoms with Crippen molar-refractivity contribution in [3.63, 3.8) is 0 Å². The number of hydrogen-bond acceptors (Lipinski definition) is 4. The van der Waals surface area contributed by atoms with E-state index >= 15 is 0 Å². The lowest BCUT2D eigenvalue weighted by atomic mass is 9.93. The average Bonchev–Trinajstić information content (AvgIpc) is 3.12. The van der Waals surface area contributed by atoms with Gasteiger partial charge in [0.15, 0.2) is 23.7 Å². The van der Waals surface area contributed by atoms with Crippen LogP contribution in [0.3, 0.4) is 0 Å². The molecule has 150 valence electrons. The van der Waals surface area contributed by atoms with Gasteiger partial charge >= 0.3 is 0 Å². The Kier molecular flexibility index (Phi) is 6.38. The summed E-state index contributed by atoms with van der Waals surface area (Å²) >= 11 is 0. The fourth-order valence-electron chi connectivity index (χ4n) is 3.42. The van der Waals surface area contributed by atoms with Crippen molar-refractivity contribution in [3.8, 4) is 0 Å². The minimum absolute atomic E-state index is 0.140. The van der Waals surface area contributed by atoms with Gasteiger partial charge in [0.2, 0.25) is 5.91 Å². The maximum Gasteiger partial charge on any atom is 0.276 e. The van der Waals surface area contributed by atoms with Crippen LogP contribution < -0.4 is 5.32 Å². The number of carbonyl (C=O) groups is 2. The van der Waals surface area contributed by atoms with E-state index in [0.29, 0.717) is 42.9 Å². The second kappa shape index (κ2) is 8.95. The highest BCUT2D eigenvalue weighted by molar-refractivity contribution is 5.93. The molecule has 0 bridgehead atoms. The monoisotopic (exact) mass is 391 g/mol. The molecular formula is C20H23F2N3O3. The smallest absolute Gasteiger partial charge is 0.276 e. The van der Waals surface area contributed by atoms with Crippen LogP contribution in [0.2, 0.25) is 0 Å². The zero-order chi connectivity index (χ0) is 20.1. The quantitative estimate of drug-likeness (QED) is 0.821. The maximum absolute atomic E-state index is 13.2. The molecule has 1 N–H and O–H groups in total. The molecule has 2 aromatic rings. The van der Waals surface area contributed by atoms with Gasteiger partial charge in [-0.15, -0.1) is 0 Å². The summed E-state index contributed by atoms with van der Waals surface area (Å²) in [6, 6.07) is 3.56. The Bertz CT molecular complexity index is 853. The molecule has 28 heavy (non-hydrogen) atoms. The number of nitrogens with one attached hydrogen (secondary N) is 1. The molecule has 1 saturated heterocycles. The number of halogens is 2. The van der Waals surface area contributed by atoms with Crippen LogP contribution >= 0.6 is 0 Å². The lowest BCUT2D eigenvalue weighted by molar-refractivity contribution is -0.121.